The Kier molecular flexibility index (Phi) is 4.59. The van der Waals surface area contributed by atoms with Crippen LogP contribution < -0.4 is 5.32 Å². The average molecular weight is 365 g/mol. The van der Waals surface area contributed by atoms with E-state index in [0.29, 0.717) is 33.6 Å². The molecule has 0 atom stereocenters. The van der Waals surface area contributed by atoms with Crippen molar-refractivity contribution in [3.05, 3.63) is 63.2 Å². The van der Waals surface area contributed by atoms with Gasteiger partial charge in [0, 0.05) is 22.5 Å². The second kappa shape index (κ2) is 6.67. The van der Waals surface area contributed by atoms with E-state index in [1.807, 2.05) is 13.0 Å². The highest BCUT2D eigenvalue weighted by Crippen LogP contribution is 2.22. The Bertz CT molecular complexity index is 901. The highest BCUT2D eigenvalue weighted by molar-refractivity contribution is 6.31. The van der Waals surface area contributed by atoms with Crippen molar-refractivity contribution < 1.29 is 9.32 Å². The van der Waals surface area contributed by atoms with Crippen LogP contribution in [0.2, 0.25) is 10.0 Å². The summed E-state index contributed by atoms with van der Waals surface area (Å²) in [6, 6.07) is 5.30. The molecule has 1 aromatic carbocycles. The highest BCUT2D eigenvalue weighted by Gasteiger charge is 2.20. The molecule has 0 aliphatic rings. The van der Waals surface area contributed by atoms with Crippen LogP contribution in [-0.4, -0.2) is 20.8 Å². The predicted octanol–water partition coefficient (Wildman–Crippen LogP) is 4.10. The first-order valence-electron chi connectivity index (χ1n) is 7.14. The molecule has 0 bridgehead atoms. The molecule has 1 N–H and O–H groups in total. The Morgan fingerprint density at radius 1 is 1.33 bits per heavy atom. The van der Waals surface area contributed by atoms with Gasteiger partial charge in [0.2, 0.25) is 0 Å². The summed E-state index contributed by atoms with van der Waals surface area (Å²) >= 11 is 11.9. The van der Waals surface area contributed by atoms with Gasteiger partial charge in [0.15, 0.2) is 5.69 Å². The monoisotopic (exact) mass is 364 g/mol. The molecular formula is C16H14Cl2N4O2. The van der Waals surface area contributed by atoms with Gasteiger partial charge in [-0.05, 0) is 31.5 Å². The molecule has 0 aliphatic carbocycles. The van der Waals surface area contributed by atoms with Crippen molar-refractivity contribution >= 4 is 34.8 Å². The molecule has 8 heteroatoms. The number of carbonyl (C=O) groups excluding carboxylic acids is 1. The molecule has 124 valence electrons. The third kappa shape index (κ3) is 3.44. The summed E-state index contributed by atoms with van der Waals surface area (Å²) < 4.78 is 6.78. The van der Waals surface area contributed by atoms with Gasteiger partial charge in [-0.25, -0.2) is 0 Å². The summed E-state index contributed by atoms with van der Waals surface area (Å²) in [5.41, 5.74) is 2.37. The van der Waals surface area contributed by atoms with E-state index in [9.17, 15) is 4.79 Å². The molecule has 0 saturated heterocycles. The molecular weight excluding hydrogens is 351 g/mol. The summed E-state index contributed by atoms with van der Waals surface area (Å²) in [5.74, 6) is 0.175. The van der Waals surface area contributed by atoms with Crippen LogP contribution in [0.3, 0.4) is 0 Å². The van der Waals surface area contributed by atoms with Crippen molar-refractivity contribution in [3.63, 3.8) is 0 Å². The van der Waals surface area contributed by atoms with Gasteiger partial charge in [0.25, 0.3) is 5.91 Å². The van der Waals surface area contributed by atoms with Crippen LogP contribution in [0.25, 0.3) is 0 Å². The van der Waals surface area contributed by atoms with Crippen molar-refractivity contribution in [2.45, 2.75) is 20.4 Å². The van der Waals surface area contributed by atoms with Crippen LogP contribution in [0, 0.1) is 13.8 Å². The maximum absolute atomic E-state index is 12.5. The summed E-state index contributed by atoms with van der Waals surface area (Å²) in [5, 5.41) is 11.8. The number of hydrogen-bond acceptors (Lipinski definition) is 4. The molecule has 0 aliphatic heterocycles. The van der Waals surface area contributed by atoms with E-state index < -0.39 is 0 Å². The summed E-state index contributed by atoms with van der Waals surface area (Å²) in [6.45, 7) is 3.97. The summed E-state index contributed by atoms with van der Waals surface area (Å²) in [6.07, 6.45) is 3.19. The van der Waals surface area contributed by atoms with Crippen LogP contribution in [0.5, 0.6) is 0 Å². The van der Waals surface area contributed by atoms with E-state index in [0.717, 1.165) is 5.56 Å². The first-order chi connectivity index (χ1) is 11.4. The van der Waals surface area contributed by atoms with Crippen molar-refractivity contribution in [2.24, 2.45) is 0 Å². The largest absolute Gasteiger partial charge is 0.361 e. The zero-order valence-corrected chi connectivity index (χ0v) is 14.5. The molecule has 0 spiro atoms. The fourth-order valence-corrected chi connectivity index (χ4v) is 2.54. The van der Waals surface area contributed by atoms with Crippen LogP contribution >= 0.6 is 23.2 Å². The van der Waals surface area contributed by atoms with Gasteiger partial charge >= 0.3 is 0 Å². The molecule has 1 amide bonds. The van der Waals surface area contributed by atoms with Gasteiger partial charge < -0.3 is 9.84 Å². The Labute approximate surface area is 148 Å². The van der Waals surface area contributed by atoms with Gasteiger partial charge in [-0.2, -0.15) is 5.10 Å². The van der Waals surface area contributed by atoms with E-state index in [2.05, 4.69) is 15.6 Å². The SMILES string of the molecule is Cc1ccc(NC(=O)c2noc(C)c2Cn2cc(Cl)cn2)cc1Cl. The number of benzene rings is 1. The topological polar surface area (TPSA) is 73.0 Å². The van der Waals surface area contributed by atoms with Crippen LogP contribution in [0.15, 0.2) is 35.1 Å². The lowest BCUT2D eigenvalue weighted by Gasteiger charge is -2.07. The molecule has 24 heavy (non-hydrogen) atoms. The fraction of sp³-hybridized carbons (Fsp3) is 0.188. The van der Waals surface area contributed by atoms with Crippen molar-refractivity contribution in [1.29, 1.82) is 0 Å². The van der Waals surface area contributed by atoms with Gasteiger partial charge in [-0.1, -0.05) is 34.4 Å². The minimum atomic E-state index is -0.375. The standard InChI is InChI=1S/C16H14Cl2N4O2/c1-9-3-4-12(5-14(9)18)20-16(23)15-13(10(2)24-21-15)8-22-7-11(17)6-19-22/h3-7H,8H2,1-2H3,(H,20,23). The van der Waals surface area contributed by atoms with Crippen molar-refractivity contribution in [3.8, 4) is 0 Å². The van der Waals surface area contributed by atoms with E-state index in [-0.39, 0.29) is 11.6 Å². The lowest BCUT2D eigenvalue weighted by Crippen LogP contribution is -2.16. The van der Waals surface area contributed by atoms with Crippen molar-refractivity contribution in [1.82, 2.24) is 14.9 Å². The van der Waals surface area contributed by atoms with Gasteiger partial charge in [0.1, 0.15) is 5.76 Å². The van der Waals surface area contributed by atoms with E-state index in [4.69, 9.17) is 27.7 Å². The maximum Gasteiger partial charge on any atom is 0.278 e. The zero-order valence-electron chi connectivity index (χ0n) is 13.0. The van der Waals surface area contributed by atoms with E-state index >= 15 is 0 Å². The number of halogens is 2. The number of aryl methyl sites for hydroxylation is 2. The molecule has 0 saturated carbocycles. The summed E-state index contributed by atoms with van der Waals surface area (Å²) in [4.78, 5) is 12.5. The molecule has 3 rings (SSSR count). The summed E-state index contributed by atoms with van der Waals surface area (Å²) in [7, 11) is 0. The fourth-order valence-electron chi connectivity index (χ4n) is 2.20. The minimum absolute atomic E-state index is 0.204. The second-order valence-corrected chi connectivity index (χ2v) is 6.18. The van der Waals surface area contributed by atoms with E-state index in [1.54, 1.807) is 29.9 Å². The lowest BCUT2D eigenvalue weighted by molar-refractivity contribution is 0.101. The van der Waals surface area contributed by atoms with Crippen LogP contribution in [0.4, 0.5) is 5.69 Å². The number of nitrogens with one attached hydrogen (secondary N) is 1. The number of aromatic nitrogens is 3. The van der Waals surface area contributed by atoms with E-state index in [1.165, 1.54) is 6.20 Å². The lowest BCUT2D eigenvalue weighted by atomic mass is 10.1. The number of amides is 1. The molecule has 6 nitrogen and oxygen atoms in total. The van der Waals surface area contributed by atoms with Crippen molar-refractivity contribution in [2.75, 3.05) is 5.32 Å². The predicted molar refractivity (Wildman–Crippen MR) is 91.7 cm³/mol. The third-order valence-electron chi connectivity index (χ3n) is 3.55. The smallest absolute Gasteiger partial charge is 0.278 e. The Morgan fingerprint density at radius 2 is 2.12 bits per heavy atom. The number of hydrogen-bond donors (Lipinski definition) is 1. The van der Waals surface area contributed by atoms with Crippen LogP contribution in [0.1, 0.15) is 27.4 Å². The van der Waals surface area contributed by atoms with Crippen LogP contribution in [-0.2, 0) is 6.54 Å². The maximum atomic E-state index is 12.5. The minimum Gasteiger partial charge on any atom is -0.361 e. The van der Waals surface area contributed by atoms with Gasteiger partial charge in [-0.3, -0.25) is 9.48 Å². The molecule has 0 fully saturated rings. The second-order valence-electron chi connectivity index (χ2n) is 5.34. The average Bonchev–Trinajstić information content (AvgIpc) is 3.10. The molecule has 2 aromatic heterocycles. The van der Waals surface area contributed by atoms with Gasteiger partial charge in [-0.15, -0.1) is 0 Å². The molecule has 2 heterocycles. The number of rotatable bonds is 4. The quantitative estimate of drug-likeness (QED) is 0.756. The zero-order chi connectivity index (χ0) is 17.3. The van der Waals surface area contributed by atoms with Gasteiger partial charge in [0.05, 0.1) is 17.8 Å². The number of anilines is 1. The normalized spacial score (nSPS) is 10.8. The molecule has 0 radical (unpaired) electrons. The first kappa shape index (κ1) is 16.5. The third-order valence-corrected chi connectivity index (χ3v) is 4.15. The Hall–Kier alpha value is -2.31. The Morgan fingerprint density at radius 3 is 2.79 bits per heavy atom. The Balaban J connectivity index is 1.83. The number of nitrogens with zero attached hydrogens (tertiary/aromatic N) is 3. The number of carbonyl (C=O) groups is 1. The molecule has 3 aromatic rings. The molecule has 0 unspecified atom stereocenters. The highest BCUT2D eigenvalue weighted by atomic mass is 35.5. The first-order valence-corrected chi connectivity index (χ1v) is 7.90.